The number of nitrogens with one attached hydrogen (secondary N) is 1. The van der Waals surface area contributed by atoms with Gasteiger partial charge in [-0.25, -0.2) is 0 Å². The summed E-state index contributed by atoms with van der Waals surface area (Å²) in [4.78, 5) is 4.03. The highest BCUT2D eigenvalue weighted by Crippen LogP contribution is 2.17. The number of aromatic nitrogens is 1. The van der Waals surface area contributed by atoms with Crippen LogP contribution in [0.1, 0.15) is 25.3 Å². The Labute approximate surface area is 85.7 Å². The number of hydrogen-bond acceptors (Lipinski definition) is 2. The van der Waals surface area contributed by atoms with E-state index in [0.29, 0.717) is 6.04 Å². The summed E-state index contributed by atoms with van der Waals surface area (Å²) in [6.45, 7) is 3.53. The number of hydrogen-bond donors (Lipinski definition) is 1. The van der Waals surface area contributed by atoms with Gasteiger partial charge in [0.2, 0.25) is 0 Å². The van der Waals surface area contributed by atoms with Crippen molar-refractivity contribution in [2.75, 3.05) is 6.54 Å². The van der Waals surface area contributed by atoms with Crippen molar-refractivity contribution in [3.63, 3.8) is 0 Å². The zero-order chi connectivity index (χ0) is 9.80. The topological polar surface area (TPSA) is 24.9 Å². The molecule has 2 rings (SSSR count). The van der Waals surface area contributed by atoms with Gasteiger partial charge in [0.05, 0.1) is 0 Å². The lowest BCUT2D eigenvalue weighted by atomic mass is 9.91. The highest BCUT2D eigenvalue weighted by atomic mass is 14.9. The molecule has 0 spiro atoms. The first-order chi connectivity index (χ1) is 6.84. The SMILES string of the molecule is CC1CCNC(Cc2ccncc2)C1. The summed E-state index contributed by atoms with van der Waals surface area (Å²) in [5.41, 5.74) is 1.40. The molecule has 1 aliphatic heterocycles. The third-order valence-corrected chi connectivity index (χ3v) is 2.99. The van der Waals surface area contributed by atoms with Crippen LogP contribution >= 0.6 is 0 Å². The average molecular weight is 190 g/mol. The molecule has 0 amide bonds. The smallest absolute Gasteiger partial charge is 0.0270 e. The molecule has 0 aliphatic carbocycles. The molecule has 2 heterocycles. The predicted octanol–water partition coefficient (Wildman–Crippen LogP) is 2.01. The van der Waals surface area contributed by atoms with Crippen LogP contribution in [-0.4, -0.2) is 17.6 Å². The van der Waals surface area contributed by atoms with Gasteiger partial charge in [0.25, 0.3) is 0 Å². The van der Waals surface area contributed by atoms with Gasteiger partial charge in [-0.15, -0.1) is 0 Å². The standard InChI is InChI=1S/C12H18N2/c1-10-2-7-14-12(8-10)9-11-3-5-13-6-4-11/h3-6,10,12,14H,2,7-9H2,1H3. The molecule has 0 bridgehead atoms. The predicted molar refractivity (Wildman–Crippen MR) is 58.1 cm³/mol. The molecule has 2 nitrogen and oxygen atoms in total. The van der Waals surface area contributed by atoms with E-state index in [1.165, 1.54) is 24.9 Å². The summed E-state index contributed by atoms with van der Waals surface area (Å²) in [5, 5.41) is 3.58. The number of pyridine rings is 1. The van der Waals surface area contributed by atoms with Crippen molar-refractivity contribution in [1.82, 2.24) is 10.3 Å². The first kappa shape index (κ1) is 9.66. The van der Waals surface area contributed by atoms with Crippen molar-refractivity contribution in [3.05, 3.63) is 30.1 Å². The van der Waals surface area contributed by atoms with Crippen molar-refractivity contribution in [3.8, 4) is 0 Å². The summed E-state index contributed by atoms with van der Waals surface area (Å²) >= 11 is 0. The van der Waals surface area contributed by atoms with E-state index in [0.717, 1.165) is 12.3 Å². The van der Waals surface area contributed by atoms with Crippen molar-refractivity contribution in [2.24, 2.45) is 5.92 Å². The highest BCUT2D eigenvalue weighted by molar-refractivity contribution is 5.11. The summed E-state index contributed by atoms with van der Waals surface area (Å²) in [6.07, 6.45) is 7.53. The van der Waals surface area contributed by atoms with Crippen LogP contribution in [0.5, 0.6) is 0 Å². The molecule has 1 saturated heterocycles. The molecule has 2 heteroatoms. The van der Waals surface area contributed by atoms with Gasteiger partial charge in [-0.1, -0.05) is 6.92 Å². The van der Waals surface area contributed by atoms with Gasteiger partial charge < -0.3 is 5.32 Å². The number of rotatable bonds is 2. The molecule has 1 fully saturated rings. The van der Waals surface area contributed by atoms with Gasteiger partial charge in [-0.2, -0.15) is 0 Å². The minimum atomic E-state index is 0.668. The zero-order valence-electron chi connectivity index (χ0n) is 8.74. The second kappa shape index (κ2) is 4.56. The fourth-order valence-corrected chi connectivity index (χ4v) is 2.18. The highest BCUT2D eigenvalue weighted by Gasteiger charge is 2.17. The quantitative estimate of drug-likeness (QED) is 0.771. The van der Waals surface area contributed by atoms with E-state index in [2.05, 4.69) is 29.4 Å². The molecule has 1 aromatic heterocycles. The van der Waals surface area contributed by atoms with Crippen LogP contribution in [0.25, 0.3) is 0 Å². The maximum absolute atomic E-state index is 4.03. The molecular formula is C12H18N2. The van der Waals surface area contributed by atoms with Gasteiger partial charge >= 0.3 is 0 Å². The fourth-order valence-electron chi connectivity index (χ4n) is 2.18. The lowest BCUT2D eigenvalue weighted by molar-refractivity contribution is 0.318. The molecule has 1 aliphatic rings. The van der Waals surface area contributed by atoms with Gasteiger partial charge in [-0.05, 0) is 49.4 Å². The van der Waals surface area contributed by atoms with Crippen LogP contribution in [0.2, 0.25) is 0 Å². The third kappa shape index (κ3) is 2.55. The average Bonchev–Trinajstić information content (AvgIpc) is 2.19. The molecule has 0 saturated carbocycles. The zero-order valence-corrected chi connectivity index (χ0v) is 8.74. The Morgan fingerprint density at radius 3 is 2.93 bits per heavy atom. The molecule has 0 aromatic carbocycles. The van der Waals surface area contributed by atoms with Crippen molar-refractivity contribution in [2.45, 2.75) is 32.2 Å². The maximum Gasteiger partial charge on any atom is 0.0270 e. The third-order valence-electron chi connectivity index (χ3n) is 2.99. The van der Waals surface area contributed by atoms with E-state index in [1.807, 2.05) is 12.4 Å². The first-order valence-corrected chi connectivity index (χ1v) is 5.47. The number of piperidine rings is 1. The van der Waals surface area contributed by atoms with Crippen LogP contribution in [-0.2, 0) is 6.42 Å². The molecule has 2 unspecified atom stereocenters. The Balaban J connectivity index is 1.91. The van der Waals surface area contributed by atoms with Crippen LogP contribution in [0, 0.1) is 5.92 Å². The van der Waals surface area contributed by atoms with Crippen LogP contribution in [0.3, 0.4) is 0 Å². The Kier molecular flexibility index (Phi) is 3.14. The molecule has 1 N–H and O–H groups in total. The van der Waals surface area contributed by atoms with Gasteiger partial charge in [0.15, 0.2) is 0 Å². The lowest BCUT2D eigenvalue weighted by Crippen LogP contribution is -2.38. The minimum Gasteiger partial charge on any atom is -0.314 e. The Hall–Kier alpha value is -0.890. The van der Waals surface area contributed by atoms with E-state index in [1.54, 1.807) is 0 Å². The molecule has 14 heavy (non-hydrogen) atoms. The van der Waals surface area contributed by atoms with E-state index >= 15 is 0 Å². The Morgan fingerprint density at radius 1 is 1.43 bits per heavy atom. The summed E-state index contributed by atoms with van der Waals surface area (Å²) in [5.74, 6) is 0.878. The van der Waals surface area contributed by atoms with Gasteiger partial charge in [-0.3, -0.25) is 4.98 Å². The summed E-state index contributed by atoms with van der Waals surface area (Å²) in [6, 6.07) is 4.89. The molecule has 0 radical (unpaired) electrons. The Morgan fingerprint density at radius 2 is 2.21 bits per heavy atom. The van der Waals surface area contributed by atoms with Crippen molar-refractivity contribution >= 4 is 0 Å². The van der Waals surface area contributed by atoms with Crippen LogP contribution in [0.15, 0.2) is 24.5 Å². The fraction of sp³-hybridized carbons (Fsp3) is 0.583. The van der Waals surface area contributed by atoms with Crippen molar-refractivity contribution in [1.29, 1.82) is 0 Å². The second-order valence-electron chi connectivity index (χ2n) is 4.34. The summed E-state index contributed by atoms with van der Waals surface area (Å²) < 4.78 is 0. The van der Waals surface area contributed by atoms with Crippen LogP contribution in [0.4, 0.5) is 0 Å². The lowest BCUT2D eigenvalue weighted by Gasteiger charge is -2.28. The maximum atomic E-state index is 4.03. The minimum absolute atomic E-state index is 0.668. The molecule has 1 aromatic rings. The normalized spacial score (nSPS) is 27.5. The molecular weight excluding hydrogens is 172 g/mol. The second-order valence-corrected chi connectivity index (χ2v) is 4.34. The monoisotopic (exact) mass is 190 g/mol. The largest absolute Gasteiger partial charge is 0.314 e. The summed E-state index contributed by atoms with van der Waals surface area (Å²) in [7, 11) is 0. The van der Waals surface area contributed by atoms with E-state index in [-0.39, 0.29) is 0 Å². The van der Waals surface area contributed by atoms with Gasteiger partial charge in [0.1, 0.15) is 0 Å². The van der Waals surface area contributed by atoms with Crippen LogP contribution < -0.4 is 5.32 Å². The molecule has 2 atom stereocenters. The van der Waals surface area contributed by atoms with E-state index < -0.39 is 0 Å². The molecule has 76 valence electrons. The van der Waals surface area contributed by atoms with E-state index in [4.69, 9.17) is 0 Å². The van der Waals surface area contributed by atoms with E-state index in [9.17, 15) is 0 Å². The Bertz CT molecular complexity index is 271. The van der Waals surface area contributed by atoms with Gasteiger partial charge in [0, 0.05) is 18.4 Å². The number of nitrogens with zero attached hydrogens (tertiary/aromatic N) is 1. The van der Waals surface area contributed by atoms with Crippen molar-refractivity contribution < 1.29 is 0 Å². The first-order valence-electron chi connectivity index (χ1n) is 5.47.